The maximum absolute atomic E-state index is 12.4. The first kappa shape index (κ1) is 22.2. The topological polar surface area (TPSA) is 84.5 Å². The van der Waals surface area contributed by atoms with Gasteiger partial charge in [-0.2, -0.15) is 0 Å². The van der Waals surface area contributed by atoms with Crippen LogP contribution in [0.5, 0.6) is 5.75 Å². The van der Waals surface area contributed by atoms with E-state index in [1.165, 1.54) is 13.0 Å². The summed E-state index contributed by atoms with van der Waals surface area (Å²) in [5.74, 6) is -0.498. The lowest BCUT2D eigenvalue weighted by atomic mass is 10.1. The van der Waals surface area contributed by atoms with Crippen molar-refractivity contribution in [3.05, 3.63) is 94.0 Å². The Labute approximate surface area is 188 Å². The van der Waals surface area contributed by atoms with Crippen molar-refractivity contribution in [2.45, 2.75) is 19.9 Å². The van der Waals surface area contributed by atoms with Gasteiger partial charge >= 0.3 is 5.97 Å². The van der Waals surface area contributed by atoms with E-state index in [1.54, 1.807) is 30.3 Å². The molecule has 0 aromatic heterocycles. The highest BCUT2D eigenvalue weighted by Gasteiger charge is 2.08. The number of nitrogens with one attached hydrogen (secondary N) is 2. The Hall–Kier alpha value is -3.45. The number of benzene rings is 3. The van der Waals surface area contributed by atoms with Gasteiger partial charge in [-0.1, -0.05) is 46.3 Å². The summed E-state index contributed by atoms with van der Waals surface area (Å²) in [6.07, 6.45) is 0.289. The van der Waals surface area contributed by atoms with E-state index in [2.05, 4.69) is 26.6 Å². The first-order chi connectivity index (χ1) is 14.9. The number of halogens is 1. The summed E-state index contributed by atoms with van der Waals surface area (Å²) >= 11 is 3.37. The molecule has 31 heavy (non-hydrogen) atoms. The number of amides is 2. The summed E-state index contributed by atoms with van der Waals surface area (Å²) in [6.45, 7) is 1.63. The fraction of sp³-hybridized carbons (Fsp3) is 0.125. The molecule has 0 spiro atoms. The third-order valence-corrected chi connectivity index (χ3v) is 4.86. The molecule has 0 aliphatic carbocycles. The molecule has 0 heterocycles. The van der Waals surface area contributed by atoms with Crippen molar-refractivity contribution in [2.75, 3.05) is 5.32 Å². The number of hydrogen-bond acceptors (Lipinski definition) is 4. The zero-order valence-electron chi connectivity index (χ0n) is 16.9. The summed E-state index contributed by atoms with van der Waals surface area (Å²) in [7, 11) is 0. The lowest BCUT2D eigenvalue weighted by Gasteiger charge is -2.09. The van der Waals surface area contributed by atoms with E-state index in [0.29, 0.717) is 23.5 Å². The maximum atomic E-state index is 12.4. The van der Waals surface area contributed by atoms with Crippen molar-refractivity contribution >= 4 is 39.4 Å². The number of anilines is 1. The van der Waals surface area contributed by atoms with Gasteiger partial charge in [0, 0.05) is 29.2 Å². The molecule has 0 bridgehead atoms. The van der Waals surface area contributed by atoms with Gasteiger partial charge in [0.1, 0.15) is 5.75 Å². The largest absolute Gasteiger partial charge is 0.427 e. The van der Waals surface area contributed by atoms with E-state index in [0.717, 1.165) is 15.6 Å². The number of hydrogen-bond donors (Lipinski definition) is 2. The molecule has 3 aromatic rings. The summed E-state index contributed by atoms with van der Waals surface area (Å²) in [5.41, 5.74) is 2.90. The van der Waals surface area contributed by atoms with E-state index in [1.807, 2.05) is 36.4 Å². The van der Waals surface area contributed by atoms with Crippen LogP contribution in [0.4, 0.5) is 5.69 Å². The smallest absolute Gasteiger partial charge is 0.308 e. The SMILES string of the molecule is CC(=O)Oc1cccc(C(=O)NCc2ccc(NC(=O)Cc3ccc(Br)cc3)cc2)c1. The van der Waals surface area contributed by atoms with Crippen molar-refractivity contribution < 1.29 is 19.1 Å². The van der Waals surface area contributed by atoms with Crippen LogP contribution in [0.1, 0.15) is 28.4 Å². The number of carbonyl (C=O) groups excluding carboxylic acids is 3. The van der Waals surface area contributed by atoms with Crippen molar-refractivity contribution in [1.29, 1.82) is 0 Å². The first-order valence-corrected chi connectivity index (χ1v) is 10.4. The van der Waals surface area contributed by atoms with Crippen LogP contribution in [0.2, 0.25) is 0 Å². The molecular formula is C24H21BrN2O4. The van der Waals surface area contributed by atoms with E-state index in [4.69, 9.17) is 4.74 Å². The molecule has 0 aliphatic rings. The Bertz CT molecular complexity index is 1080. The highest BCUT2D eigenvalue weighted by molar-refractivity contribution is 9.10. The van der Waals surface area contributed by atoms with Crippen LogP contribution < -0.4 is 15.4 Å². The van der Waals surface area contributed by atoms with Crippen molar-refractivity contribution in [3.8, 4) is 5.75 Å². The van der Waals surface area contributed by atoms with Gasteiger partial charge in [0.2, 0.25) is 5.91 Å². The Morgan fingerprint density at radius 1 is 0.903 bits per heavy atom. The van der Waals surface area contributed by atoms with Gasteiger partial charge in [0.15, 0.2) is 0 Å². The summed E-state index contributed by atoms with van der Waals surface area (Å²) in [5, 5.41) is 5.69. The quantitative estimate of drug-likeness (QED) is 0.385. The van der Waals surface area contributed by atoms with E-state index >= 15 is 0 Å². The van der Waals surface area contributed by atoms with E-state index in [-0.39, 0.29) is 18.2 Å². The van der Waals surface area contributed by atoms with Crippen LogP contribution >= 0.6 is 15.9 Å². The Morgan fingerprint density at radius 2 is 1.58 bits per heavy atom. The number of ether oxygens (including phenoxy) is 1. The van der Waals surface area contributed by atoms with Crippen LogP contribution in [-0.4, -0.2) is 17.8 Å². The van der Waals surface area contributed by atoms with E-state index in [9.17, 15) is 14.4 Å². The molecule has 0 fully saturated rings. The molecule has 2 N–H and O–H groups in total. The van der Waals surface area contributed by atoms with Crippen LogP contribution in [0.3, 0.4) is 0 Å². The minimum atomic E-state index is -0.443. The number of esters is 1. The molecule has 0 saturated carbocycles. The zero-order valence-corrected chi connectivity index (χ0v) is 18.4. The molecular weight excluding hydrogens is 460 g/mol. The van der Waals surface area contributed by atoms with Crippen LogP contribution in [0, 0.1) is 0 Å². The van der Waals surface area contributed by atoms with E-state index < -0.39 is 5.97 Å². The number of rotatable bonds is 7. The minimum Gasteiger partial charge on any atom is -0.427 e. The summed E-state index contributed by atoms with van der Waals surface area (Å²) in [6, 6.07) is 21.3. The Kier molecular flexibility index (Phi) is 7.56. The average Bonchev–Trinajstić information content (AvgIpc) is 2.74. The molecule has 0 atom stereocenters. The number of carbonyl (C=O) groups is 3. The van der Waals surface area contributed by atoms with Crippen LogP contribution in [-0.2, 0) is 22.6 Å². The second-order valence-corrected chi connectivity index (χ2v) is 7.77. The predicted octanol–water partition coefficient (Wildman–Crippen LogP) is 4.49. The average molecular weight is 481 g/mol. The summed E-state index contributed by atoms with van der Waals surface area (Å²) < 4.78 is 5.97. The lowest BCUT2D eigenvalue weighted by Crippen LogP contribution is -2.22. The fourth-order valence-electron chi connectivity index (χ4n) is 2.85. The maximum Gasteiger partial charge on any atom is 0.308 e. The standard InChI is InChI=1S/C24H21BrN2O4/c1-16(28)31-22-4-2-3-19(14-22)24(30)26-15-18-7-11-21(12-8-18)27-23(29)13-17-5-9-20(25)10-6-17/h2-12,14H,13,15H2,1H3,(H,26,30)(H,27,29). The molecule has 7 heteroatoms. The minimum absolute atomic E-state index is 0.101. The third-order valence-electron chi connectivity index (χ3n) is 4.33. The van der Waals surface area contributed by atoms with Gasteiger partial charge in [0.25, 0.3) is 5.91 Å². The normalized spacial score (nSPS) is 10.3. The molecule has 2 amide bonds. The zero-order chi connectivity index (χ0) is 22.2. The van der Waals surface area contributed by atoms with Crippen LogP contribution in [0.25, 0.3) is 0 Å². The molecule has 0 aliphatic heterocycles. The highest BCUT2D eigenvalue weighted by atomic mass is 79.9. The first-order valence-electron chi connectivity index (χ1n) is 9.59. The molecule has 3 aromatic carbocycles. The van der Waals surface area contributed by atoms with Gasteiger partial charge in [-0.05, 0) is 53.6 Å². The van der Waals surface area contributed by atoms with Crippen molar-refractivity contribution in [3.63, 3.8) is 0 Å². The Balaban J connectivity index is 1.51. The Morgan fingerprint density at radius 3 is 2.26 bits per heavy atom. The molecule has 158 valence electrons. The predicted molar refractivity (Wildman–Crippen MR) is 122 cm³/mol. The van der Waals surface area contributed by atoms with Gasteiger partial charge in [0.05, 0.1) is 6.42 Å². The van der Waals surface area contributed by atoms with Crippen molar-refractivity contribution in [1.82, 2.24) is 5.32 Å². The molecule has 0 unspecified atom stereocenters. The lowest BCUT2D eigenvalue weighted by molar-refractivity contribution is -0.131. The summed E-state index contributed by atoms with van der Waals surface area (Å²) in [4.78, 5) is 35.6. The van der Waals surface area contributed by atoms with Gasteiger partial charge in [-0.25, -0.2) is 0 Å². The third kappa shape index (κ3) is 7.08. The van der Waals surface area contributed by atoms with Gasteiger partial charge < -0.3 is 15.4 Å². The van der Waals surface area contributed by atoms with Crippen molar-refractivity contribution in [2.24, 2.45) is 0 Å². The second kappa shape index (κ2) is 10.5. The fourth-order valence-corrected chi connectivity index (χ4v) is 3.11. The molecule has 3 rings (SSSR count). The highest BCUT2D eigenvalue weighted by Crippen LogP contribution is 2.15. The molecule has 6 nitrogen and oxygen atoms in total. The molecule has 0 radical (unpaired) electrons. The second-order valence-electron chi connectivity index (χ2n) is 6.85. The van der Waals surface area contributed by atoms with Gasteiger partial charge in [-0.15, -0.1) is 0 Å². The molecule has 0 saturated heterocycles. The monoisotopic (exact) mass is 480 g/mol. The van der Waals surface area contributed by atoms with Crippen LogP contribution in [0.15, 0.2) is 77.3 Å². The van der Waals surface area contributed by atoms with Gasteiger partial charge in [-0.3, -0.25) is 14.4 Å².